The molecule has 0 saturated carbocycles. The fourth-order valence-corrected chi connectivity index (χ4v) is 3.56. The zero-order chi connectivity index (χ0) is 17.7. The first-order chi connectivity index (χ1) is 11.1. The van der Waals surface area contributed by atoms with E-state index in [4.69, 9.17) is 9.31 Å². The lowest BCUT2D eigenvalue weighted by Gasteiger charge is -2.32. The van der Waals surface area contributed by atoms with Crippen LogP contribution in [0.1, 0.15) is 27.7 Å². The van der Waals surface area contributed by atoms with Crippen molar-refractivity contribution in [1.29, 1.82) is 0 Å². The van der Waals surface area contributed by atoms with Gasteiger partial charge in [0.05, 0.1) is 29.3 Å². The van der Waals surface area contributed by atoms with Gasteiger partial charge >= 0.3 is 7.12 Å². The summed E-state index contributed by atoms with van der Waals surface area (Å²) in [4.78, 5) is 0. The average molecular weight is 464 g/mol. The average Bonchev–Trinajstić information content (AvgIpc) is 3.01. The van der Waals surface area contributed by atoms with E-state index in [9.17, 15) is 8.78 Å². The molecule has 1 saturated heterocycles. The molecule has 1 aliphatic heterocycles. The minimum Gasteiger partial charge on any atom is -0.399 e. The Morgan fingerprint density at radius 2 is 1.67 bits per heavy atom. The van der Waals surface area contributed by atoms with E-state index >= 15 is 0 Å². The lowest BCUT2D eigenvalue weighted by Crippen LogP contribution is -2.41. The van der Waals surface area contributed by atoms with Crippen LogP contribution in [-0.4, -0.2) is 27.9 Å². The van der Waals surface area contributed by atoms with E-state index in [1.54, 1.807) is 10.6 Å². The van der Waals surface area contributed by atoms with Gasteiger partial charge in [0.15, 0.2) is 0 Å². The van der Waals surface area contributed by atoms with E-state index < -0.39 is 30.0 Å². The predicted octanol–water partition coefficient (Wildman–Crippen LogP) is 3.92. The van der Waals surface area contributed by atoms with E-state index in [2.05, 4.69) is 27.1 Å². The van der Waals surface area contributed by atoms with Crippen molar-refractivity contribution in [1.82, 2.24) is 9.55 Å². The first kappa shape index (κ1) is 18.2. The molecule has 4 nitrogen and oxygen atoms in total. The number of hydrogen-bond acceptors (Lipinski definition) is 3. The number of nitrogens with zero attached hydrogens (tertiary/aromatic N) is 2. The van der Waals surface area contributed by atoms with Gasteiger partial charge in [-0.2, -0.15) is 5.10 Å². The van der Waals surface area contributed by atoms with Crippen LogP contribution in [-0.2, 0) is 9.31 Å². The number of benzene rings is 1. The molecule has 0 N–H and O–H groups in total. The van der Waals surface area contributed by atoms with Crippen LogP contribution in [0.3, 0.4) is 0 Å². The molecule has 1 aromatic heterocycles. The Kier molecular flexibility index (Phi) is 4.79. The summed E-state index contributed by atoms with van der Waals surface area (Å²) < 4.78 is 42.5. The second-order valence-electron chi connectivity index (χ2n) is 6.71. The largest absolute Gasteiger partial charge is 0.495 e. The summed E-state index contributed by atoms with van der Waals surface area (Å²) in [5, 5.41) is 4.07. The molecule has 1 aliphatic rings. The molecule has 0 radical (unpaired) electrons. The summed E-state index contributed by atoms with van der Waals surface area (Å²) in [6.07, 6.45) is 3.45. The van der Waals surface area contributed by atoms with Crippen LogP contribution in [0.5, 0.6) is 0 Å². The summed E-state index contributed by atoms with van der Waals surface area (Å²) in [6, 6.07) is 2.54. The Balaban J connectivity index is 1.96. The number of aromatic nitrogens is 2. The monoisotopic (exact) mass is 464 g/mol. The van der Waals surface area contributed by atoms with Gasteiger partial charge in [0.25, 0.3) is 0 Å². The third kappa shape index (κ3) is 3.13. The van der Waals surface area contributed by atoms with Crippen LogP contribution in [0.15, 0.2) is 24.5 Å². The molecule has 1 unspecified atom stereocenters. The highest BCUT2D eigenvalue weighted by molar-refractivity contribution is 14.2. The molecule has 128 valence electrons. The first-order valence-electron chi connectivity index (χ1n) is 7.41. The van der Waals surface area contributed by atoms with Crippen molar-refractivity contribution in [3.8, 4) is 11.1 Å². The second kappa shape index (κ2) is 6.30. The quantitative estimate of drug-likeness (QED) is 0.393. The number of halogens is 3. The topological polar surface area (TPSA) is 36.3 Å². The molecule has 24 heavy (non-hydrogen) atoms. The van der Waals surface area contributed by atoms with Gasteiger partial charge < -0.3 is 9.31 Å². The highest BCUT2D eigenvalue weighted by Gasteiger charge is 2.52. The minimum absolute atomic E-state index is 0.0869. The summed E-state index contributed by atoms with van der Waals surface area (Å²) >= 11 is 2.15. The lowest BCUT2D eigenvalue weighted by atomic mass is 9.78. The molecule has 0 bridgehead atoms. The maximum atomic E-state index is 14.6. The molecule has 2 heterocycles. The van der Waals surface area contributed by atoms with E-state index in [0.29, 0.717) is 17.4 Å². The summed E-state index contributed by atoms with van der Waals surface area (Å²) in [7, 11) is -0.799. The van der Waals surface area contributed by atoms with E-state index in [1.807, 2.05) is 27.7 Å². The van der Waals surface area contributed by atoms with Crippen molar-refractivity contribution in [2.45, 2.75) is 38.9 Å². The Morgan fingerprint density at radius 1 is 1.12 bits per heavy atom. The molecule has 0 amide bonds. The van der Waals surface area contributed by atoms with Crippen molar-refractivity contribution in [3.05, 3.63) is 36.2 Å². The van der Waals surface area contributed by atoms with Crippen molar-refractivity contribution in [3.63, 3.8) is 0 Å². The third-order valence-electron chi connectivity index (χ3n) is 4.55. The highest BCUT2D eigenvalue weighted by atomic mass is 127. The van der Waals surface area contributed by atoms with Gasteiger partial charge in [-0.25, -0.2) is 13.2 Å². The van der Waals surface area contributed by atoms with Gasteiger partial charge in [0, 0.05) is 11.8 Å². The van der Waals surface area contributed by atoms with Crippen LogP contribution >= 0.6 is 28.4 Å². The van der Waals surface area contributed by atoms with Gasteiger partial charge in [-0.05, 0) is 67.3 Å². The molecule has 1 atom stereocenters. The molecule has 9 heteroatoms. The standard InChI is InChI=1S/C15H17BF2IN2O2P/c1-14(2)15(3,4)23-16(22-14)10-5-11(17)13(12(18)6-10)9-7-20-21(8-9)24-19/h5-8,24H,1-4H3. The van der Waals surface area contributed by atoms with Crippen molar-refractivity contribution in [2.24, 2.45) is 0 Å². The molecule has 3 rings (SSSR count). The van der Waals surface area contributed by atoms with Gasteiger partial charge in [-0.15, -0.1) is 0 Å². The molecule has 0 aliphatic carbocycles. The van der Waals surface area contributed by atoms with Gasteiger partial charge in [-0.1, -0.05) is 0 Å². The lowest BCUT2D eigenvalue weighted by molar-refractivity contribution is 0.00578. The number of hydrogen-bond donors (Lipinski definition) is 0. The molecule has 1 fully saturated rings. The minimum atomic E-state index is -0.799. The molecular formula is C15H17BF2IN2O2P. The second-order valence-corrected chi connectivity index (χ2v) is 8.78. The smallest absolute Gasteiger partial charge is 0.399 e. The fourth-order valence-electron chi connectivity index (χ4n) is 2.48. The predicted molar refractivity (Wildman–Crippen MR) is 101 cm³/mol. The van der Waals surface area contributed by atoms with Crippen LogP contribution in [0.4, 0.5) is 8.78 Å². The van der Waals surface area contributed by atoms with Gasteiger partial charge in [-0.3, -0.25) is 0 Å². The molecular weight excluding hydrogens is 447 g/mol. The fraction of sp³-hybridized carbons (Fsp3) is 0.400. The Hall–Kier alpha value is -0.565. The van der Waals surface area contributed by atoms with Crippen LogP contribution < -0.4 is 5.46 Å². The summed E-state index contributed by atoms with van der Waals surface area (Å²) in [5.41, 5.74) is -0.474. The first-order valence-corrected chi connectivity index (χ1v) is 11.5. The van der Waals surface area contributed by atoms with Crippen LogP contribution in [0.2, 0.25) is 0 Å². The maximum absolute atomic E-state index is 14.6. The van der Waals surface area contributed by atoms with Crippen molar-refractivity contribution < 1.29 is 18.1 Å². The highest BCUT2D eigenvalue weighted by Crippen LogP contribution is 2.37. The third-order valence-corrected chi connectivity index (χ3v) is 6.45. The SMILES string of the molecule is CC1(C)OB(c2cc(F)c(-c3cnn(PI)c3)c(F)c2)OC1(C)C. The summed E-state index contributed by atoms with van der Waals surface area (Å²) in [5.74, 6) is -1.31. The maximum Gasteiger partial charge on any atom is 0.495 e. The van der Waals surface area contributed by atoms with Gasteiger partial charge in [0.2, 0.25) is 0 Å². The zero-order valence-electron chi connectivity index (χ0n) is 13.7. The Labute approximate surface area is 154 Å². The van der Waals surface area contributed by atoms with E-state index in [-0.39, 0.29) is 5.56 Å². The van der Waals surface area contributed by atoms with Gasteiger partial charge in [0.1, 0.15) is 11.6 Å². The van der Waals surface area contributed by atoms with Crippen molar-refractivity contribution in [2.75, 3.05) is 0 Å². The summed E-state index contributed by atoms with van der Waals surface area (Å²) in [6.45, 7) is 7.58. The zero-order valence-corrected chi connectivity index (χ0v) is 16.9. The van der Waals surface area contributed by atoms with Crippen LogP contribution in [0.25, 0.3) is 11.1 Å². The Bertz CT molecular complexity index is 746. The molecule has 0 spiro atoms. The molecule has 2 aromatic rings. The van der Waals surface area contributed by atoms with E-state index in [0.717, 1.165) is 0 Å². The Morgan fingerprint density at radius 3 is 2.12 bits per heavy atom. The number of rotatable bonds is 3. The van der Waals surface area contributed by atoms with E-state index in [1.165, 1.54) is 18.3 Å². The van der Waals surface area contributed by atoms with Crippen molar-refractivity contribution >= 4 is 41.0 Å². The normalized spacial score (nSPS) is 19.5. The molecule has 1 aromatic carbocycles. The van der Waals surface area contributed by atoms with Crippen LogP contribution in [0, 0.1) is 11.6 Å².